The second-order valence-corrected chi connectivity index (χ2v) is 5.23. The van der Waals surface area contributed by atoms with Crippen molar-refractivity contribution in [2.24, 2.45) is 18.7 Å². The van der Waals surface area contributed by atoms with Crippen LogP contribution in [0.2, 0.25) is 0 Å². The third kappa shape index (κ3) is 4.95. The number of aromatic nitrogens is 2. The number of rotatable bonds is 2. The van der Waals surface area contributed by atoms with Crippen LogP contribution in [-0.2, 0) is 16.6 Å². The van der Waals surface area contributed by atoms with E-state index in [1.54, 1.807) is 9.58 Å². The monoisotopic (exact) mass is 336 g/mol. The van der Waals surface area contributed by atoms with E-state index in [1.165, 1.54) is 0 Å². The summed E-state index contributed by atoms with van der Waals surface area (Å²) in [4.78, 5) is 22.4. The molecule has 1 fully saturated rings. The van der Waals surface area contributed by atoms with Crippen LogP contribution in [-0.4, -0.2) is 51.4 Å². The van der Waals surface area contributed by atoms with Gasteiger partial charge in [0.05, 0.1) is 12.2 Å². The minimum Gasteiger partial charge on any atom is -0.475 e. The fourth-order valence-electron chi connectivity index (χ4n) is 2.45. The van der Waals surface area contributed by atoms with E-state index >= 15 is 0 Å². The summed E-state index contributed by atoms with van der Waals surface area (Å²) in [5.74, 6) is -2.22. The molecule has 23 heavy (non-hydrogen) atoms. The summed E-state index contributed by atoms with van der Waals surface area (Å²) >= 11 is 0. The van der Waals surface area contributed by atoms with Crippen molar-refractivity contribution in [1.82, 2.24) is 14.7 Å². The Morgan fingerprint density at radius 2 is 2.04 bits per heavy atom. The van der Waals surface area contributed by atoms with Gasteiger partial charge in [-0.3, -0.25) is 9.48 Å². The molecular weight excluding hydrogens is 317 g/mol. The fraction of sp³-hybridized carbons (Fsp3) is 0.615. The Hall–Kier alpha value is -2.10. The number of hydrogen-bond acceptors (Lipinski definition) is 4. The number of aliphatic carboxylic acids is 1. The summed E-state index contributed by atoms with van der Waals surface area (Å²) in [6.07, 6.45) is 0.180. The number of carbonyl (C=O) groups excluding carboxylic acids is 1. The van der Waals surface area contributed by atoms with Crippen molar-refractivity contribution in [3.8, 4) is 0 Å². The fourth-order valence-corrected chi connectivity index (χ4v) is 2.45. The van der Waals surface area contributed by atoms with E-state index in [0.29, 0.717) is 18.9 Å². The van der Waals surface area contributed by atoms with Gasteiger partial charge in [0.2, 0.25) is 5.91 Å². The first-order chi connectivity index (χ1) is 10.6. The molecule has 0 bridgehead atoms. The summed E-state index contributed by atoms with van der Waals surface area (Å²) in [5.41, 5.74) is 6.86. The SMILES string of the molecule is CN1C(=O)CCC(CN)C1c1cnn(C)c1.O=C(O)C(F)(F)F. The normalized spacial score (nSPS) is 21.7. The Morgan fingerprint density at radius 1 is 1.48 bits per heavy atom. The van der Waals surface area contributed by atoms with Gasteiger partial charge in [0.15, 0.2) is 0 Å². The Morgan fingerprint density at radius 3 is 2.43 bits per heavy atom. The number of alkyl halides is 3. The first-order valence-corrected chi connectivity index (χ1v) is 6.82. The molecule has 3 N–H and O–H groups in total. The van der Waals surface area contributed by atoms with Gasteiger partial charge in [-0.1, -0.05) is 0 Å². The number of carboxylic acids is 1. The van der Waals surface area contributed by atoms with Crippen LogP contribution in [0.4, 0.5) is 13.2 Å². The highest BCUT2D eigenvalue weighted by molar-refractivity contribution is 5.77. The molecule has 10 heteroatoms. The van der Waals surface area contributed by atoms with Crippen LogP contribution in [0.25, 0.3) is 0 Å². The molecule has 130 valence electrons. The van der Waals surface area contributed by atoms with Crippen LogP contribution in [0.3, 0.4) is 0 Å². The smallest absolute Gasteiger partial charge is 0.475 e. The van der Waals surface area contributed by atoms with E-state index in [0.717, 1.165) is 12.0 Å². The zero-order valence-electron chi connectivity index (χ0n) is 12.7. The molecule has 1 aromatic rings. The molecule has 1 aromatic heterocycles. The summed E-state index contributed by atoms with van der Waals surface area (Å²) in [6.45, 7) is 0.608. The molecule has 0 saturated carbocycles. The van der Waals surface area contributed by atoms with Crippen molar-refractivity contribution >= 4 is 11.9 Å². The van der Waals surface area contributed by atoms with Gasteiger partial charge in [0, 0.05) is 32.3 Å². The van der Waals surface area contributed by atoms with Crippen molar-refractivity contribution in [3.63, 3.8) is 0 Å². The van der Waals surface area contributed by atoms with Gasteiger partial charge in [-0.05, 0) is 18.9 Å². The van der Waals surface area contributed by atoms with Crippen molar-refractivity contribution in [3.05, 3.63) is 18.0 Å². The lowest BCUT2D eigenvalue weighted by Gasteiger charge is -2.38. The van der Waals surface area contributed by atoms with Crippen molar-refractivity contribution in [1.29, 1.82) is 0 Å². The van der Waals surface area contributed by atoms with Crippen LogP contribution in [0, 0.1) is 5.92 Å². The molecule has 0 radical (unpaired) electrons. The lowest BCUT2D eigenvalue weighted by atomic mass is 9.86. The minimum absolute atomic E-state index is 0.0833. The van der Waals surface area contributed by atoms with Gasteiger partial charge < -0.3 is 15.7 Å². The summed E-state index contributed by atoms with van der Waals surface area (Å²) in [5, 5.41) is 11.3. The lowest BCUT2D eigenvalue weighted by Crippen LogP contribution is -2.42. The molecule has 7 nitrogen and oxygen atoms in total. The van der Waals surface area contributed by atoms with E-state index in [4.69, 9.17) is 15.6 Å². The largest absolute Gasteiger partial charge is 0.490 e. The molecule has 1 aliphatic rings. The molecule has 0 aromatic carbocycles. The van der Waals surface area contributed by atoms with Gasteiger partial charge in [-0.15, -0.1) is 0 Å². The lowest BCUT2D eigenvalue weighted by molar-refractivity contribution is -0.192. The van der Waals surface area contributed by atoms with Crippen molar-refractivity contribution < 1.29 is 27.9 Å². The van der Waals surface area contributed by atoms with Gasteiger partial charge in [0.25, 0.3) is 0 Å². The van der Waals surface area contributed by atoms with E-state index in [9.17, 15) is 18.0 Å². The topological polar surface area (TPSA) is 101 Å². The maximum atomic E-state index is 11.7. The molecule has 1 aliphatic heterocycles. The number of nitrogens with two attached hydrogens (primary N) is 1. The maximum absolute atomic E-state index is 11.7. The molecular formula is C13H19F3N4O3. The Balaban J connectivity index is 0.000000322. The summed E-state index contributed by atoms with van der Waals surface area (Å²) in [7, 11) is 3.73. The van der Waals surface area contributed by atoms with Crippen LogP contribution >= 0.6 is 0 Å². The molecule has 1 amide bonds. The average molecular weight is 336 g/mol. The second-order valence-electron chi connectivity index (χ2n) is 5.23. The highest BCUT2D eigenvalue weighted by Crippen LogP contribution is 2.34. The molecule has 2 rings (SSSR count). The van der Waals surface area contributed by atoms with E-state index < -0.39 is 12.1 Å². The number of halogens is 3. The van der Waals surface area contributed by atoms with Gasteiger partial charge in [-0.25, -0.2) is 4.79 Å². The van der Waals surface area contributed by atoms with Crippen molar-refractivity contribution in [2.45, 2.75) is 25.1 Å². The van der Waals surface area contributed by atoms with Gasteiger partial charge >= 0.3 is 12.1 Å². The third-order valence-electron chi connectivity index (χ3n) is 3.60. The Bertz CT molecular complexity index is 559. The molecule has 1 saturated heterocycles. The second kappa shape index (κ2) is 7.44. The van der Waals surface area contributed by atoms with Crippen LogP contribution in [0.5, 0.6) is 0 Å². The maximum Gasteiger partial charge on any atom is 0.490 e. The molecule has 0 spiro atoms. The van der Waals surface area contributed by atoms with E-state index in [-0.39, 0.29) is 11.9 Å². The standard InChI is InChI=1S/C11H18N4O.C2HF3O2/c1-14-7-9(6-13-14)11-8(5-12)3-4-10(16)15(11)2;3-2(4,5)1(6)7/h6-8,11H,3-5,12H2,1-2H3;(H,6,7). The average Bonchev–Trinajstić information content (AvgIpc) is 2.87. The first kappa shape index (κ1) is 18.9. The molecule has 2 atom stereocenters. The number of piperidine rings is 1. The highest BCUT2D eigenvalue weighted by atomic mass is 19.4. The van der Waals surface area contributed by atoms with Crippen LogP contribution in [0.15, 0.2) is 12.4 Å². The zero-order valence-corrected chi connectivity index (χ0v) is 12.7. The summed E-state index contributed by atoms with van der Waals surface area (Å²) in [6, 6.07) is 0.0833. The number of carbonyl (C=O) groups is 2. The predicted octanol–water partition coefficient (Wildman–Crippen LogP) is 0.922. The summed E-state index contributed by atoms with van der Waals surface area (Å²) < 4.78 is 33.5. The number of carboxylic acid groups (broad SMARTS) is 1. The first-order valence-electron chi connectivity index (χ1n) is 6.82. The number of amides is 1. The molecule has 0 aliphatic carbocycles. The quantitative estimate of drug-likeness (QED) is 0.836. The van der Waals surface area contributed by atoms with Crippen LogP contribution in [0.1, 0.15) is 24.4 Å². The van der Waals surface area contributed by atoms with Gasteiger partial charge in [-0.2, -0.15) is 18.3 Å². The number of aryl methyl sites for hydroxylation is 1. The molecule has 2 unspecified atom stereocenters. The number of nitrogens with zero attached hydrogens (tertiary/aromatic N) is 3. The Labute approximate surface area is 130 Å². The van der Waals surface area contributed by atoms with E-state index in [1.807, 2.05) is 26.5 Å². The van der Waals surface area contributed by atoms with Crippen LogP contribution < -0.4 is 5.73 Å². The predicted molar refractivity (Wildman–Crippen MR) is 74.2 cm³/mol. The molecule has 2 heterocycles. The zero-order chi connectivity index (χ0) is 17.8. The Kier molecular flexibility index (Phi) is 6.13. The van der Waals surface area contributed by atoms with Crippen molar-refractivity contribution in [2.75, 3.05) is 13.6 Å². The van der Waals surface area contributed by atoms with E-state index in [2.05, 4.69) is 5.10 Å². The van der Waals surface area contributed by atoms with Gasteiger partial charge in [0.1, 0.15) is 0 Å². The number of hydrogen-bond donors (Lipinski definition) is 2. The minimum atomic E-state index is -5.08. The third-order valence-corrected chi connectivity index (χ3v) is 3.60. The number of likely N-dealkylation sites (tertiary alicyclic amines) is 1. The highest BCUT2D eigenvalue weighted by Gasteiger charge is 2.38.